The van der Waals surface area contributed by atoms with Gasteiger partial charge in [0.15, 0.2) is 0 Å². The molecule has 5 aromatic carbocycles. The summed E-state index contributed by atoms with van der Waals surface area (Å²) in [6.07, 6.45) is -4.39. The average molecular weight is 346 g/mol. The van der Waals surface area contributed by atoms with Crippen LogP contribution in [-0.2, 0) is 6.18 Å². The monoisotopic (exact) mass is 346 g/mol. The lowest BCUT2D eigenvalue weighted by Gasteiger charge is -2.18. The first kappa shape index (κ1) is 15.2. The van der Waals surface area contributed by atoms with Crippen molar-refractivity contribution in [3.63, 3.8) is 0 Å². The van der Waals surface area contributed by atoms with Crippen molar-refractivity contribution in [3.05, 3.63) is 84.4 Å². The van der Waals surface area contributed by atoms with Crippen molar-refractivity contribution in [1.29, 1.82) is 0 Å². The lowest BCUT2D eigenvalue weighted by Crippen LogP contribution is -2.07. The molecule has 0 unspecified atom stereocenters. The average Bonchev–Trinajstić information content (AvgIpc) is 2.65. The van der Waals surface area contributed by atoms with Crippen LogP contribution in [0.4, 0.5) is 13.2 Å². The minimum Gasteiger partial charge on any atom is -0.166 e. The van der Waals surface area contributed by atoms with Gasteiger partial charge in [-0.15, -0.1) is 0 Å². The summed E-state index contributed by atoms with van der Waals surface area (Å²) in [4.78, 5) is 0. The van der Waals surface area contributed by atoms with Crippen molar-refractivity contribution < 1.29 is 13.2 Å². The number of alkyl halides is 3. The Morgan fingerprint density at radius 3 is 1.96 bits per heavy atom. The molecule has 0 bridgehead atoms. The molecular formula is C23H13F3. The molecule has 0 aliphatic heterocycles. The third-order valence-electron chi connectivity index (χ3n) is 5.03. The van der Waals surface area contributed by atoms with Crippen LogP contribution in [0.2, 0.25) is 0 Å². The summed E-state index contributed by atoms with van der Waals surface area (Å²) in [6, 6.07) is 23.6. The fraction of sp³-hybridized carbons (Fsp3) is 0.0435. The predicted octanol–water partition coefficient (Wildman–Crippen LogP) is 7.27. The maximum absolute atomic E-state index is 13.6. The van der Waals surface area contributed by atoms with E-state index >= 15 is 0 Å². The highest BCUT2D eigenvalue weighted by Crippen LogP contribution is 2.43. The van der Waals surface area contributed by atoms with E-state index in [0.29, 0.717) is 5.56 Å². The van der Waals surface area contributed by atoms with Crippen molar-refractivity contribution in [2.24, 2.45) is 0 Å². The van der Waals surface area contributed by atoms with Crippen molar-refractivity contribution in [2.45, 2.75) is 6.18 Å². The summed E-state index contributed by atoms with van der Waals surface area (Å²) >= 11 is 0. The molecule has 0 heterocycles. The Morgan fingerprint density at radius 2 is 1.19 bits per heavy atom. The highest BCUT2D eigenvalue weighted by atomic mass is 19.4. The Balaban J connectivity index is 2.00. The Labute approximate surface area is 147 Å². The van der Waals surface area contributed by atoms with Gasteiger partial charge in [0.25, 0.3) is 0 Å². The molecule has 0 nitrogen and oxygen atoms in total. The van der Waals surface area contributed by atoms with Crippen LogP contribution < -0.4 is 0 Å². The van der Waals surface area contributed by atoms with E-state index in [-0.39, 0.29) is 5.56 Å². The first-order valence-electron chi connectivity index (χ1n) is 8.37. The smallest absolute Gasteiger partial charge is 0.166 e. The molecule has 0 fully saturated rings. The van der Waals surface area contributed by atoms with E-state index in [1.54, 1.807) is 12.1 Å². The quantitative estimate of drug-likeness (QED) is 0.280. The summed E-state index contributed by atoms with van der Waals surface area (Å²) in [6.45, 7) is 0. The molecule has 0 radical (unpaired) electrons. The molecule has 0 saturated heterocycles. The second-order valence-electron chi connectivity index (χ2n) is 6.52. The minimum atomic E-state index is -4.39. The lowest BCUT2D eigenvalue weighted by atomic mass is 9.87. The number of rotatable bonds is 1. The normalized spacial score (nSPS) is 12.4. The zero-order chi connectivity index (χ0) is 17.9. The number of hydrogen-bond donors (Lipinski definition) is 0. The van der Waals surface area contributed by atoms with E-state index < -0.39 is 11.7 Å². The fourth-order valence-electron chi connectivity index (χ4n) is 3.95. The summed E-state index contributed by atoms with van der Waals surface area (Å²) in [5.74, 6) is 0. The van der Waals surface area contributed by atoms with Gasteiger partial charge in [-0.1, -0.05) is 66.7 Å². The largest absolute Gasteiger partial charge is 0.417 e. The molecule has 0 spiro atoms. The van der Waals surface area contributed by atoms with Crippen LogP contribution >= 0.6 is 0 Å². The van der Waals surface area contributed by atoms with Gasteiger partial charge < -0.3 is 0 Å². The second kappa shape index (κ2) is 5.21. The Kier molecular flexibility index (Phi) is 3.05. The molecule has 126 valence electrons. The molecule has 5 rings (SSSR count). The van der Waals surface area contributed by atoms with Crippen LogP contribution in [0.15, 0.2) is 78.9 Å². The van der Waals surface area contributed by atoms with Gasteiger partial charge in [0.2, 0.25) is 0 Å². The van der Waals surface area contributed by atoms with Gasteiger partial charge in [0.1, 0.15) is 0 Å². The van der Waals surface area contributed by atoms with Gasteiger partial charge in [0, 0.05) is 0 Å². The number of benzene rings is 5. The van der Waals surface area contributed by atoms with Crippen molar-refractivity contribution in [2.75, 3.05) is 0 Å². The summed E-state index contributed by atoms with van der Waals surface area (Å²) in [5.41, 5.74) is 0.239. The predicted molar refractivity (Wildman–Crippen MR) is 101 cm³/mol. The van der Waals surface area contributed by atoms with E-state index in [9.17, 15) is 13.2 Å². The zero-order valence-electron chi connectivity index (χ0n) is 13.6. The third-order valence-corrected chi connectivity index (χ3v) is 5.03. The van der Waals surface area contributed by atoms with Crippen LogP contribution in [0.3, 0.4) is 0 Å². The minimum absolute atomic E-state index is 0.221. The van der Waals surface area contributed by atoms with Crippen molar-refractivity contribution in [3.8, 4) is 11.1 Å². The van der Waals surface area contributed by atoms with Gasteiger partial charge in [-0.3, -0.25) is 0 Å². The standard InChI is InChI=1S/C23H13F3/c24-23(25,26)20-10-2-1-8-17(20)19-13-16-7-3-5-14-11-12-15-6-4-9-18(19)22(15)21(14)16/h1-13H. The molecule has 0 aliphatic rings. The van der Waals surface area contributed by atoms with Crippen LogP contribution in [0, 0.1) is 0 Å². The molecule has 0 aliphatic carbocycles. The fourth-order valence-corrected chi connectivity index (χ4v) is 3.95. The molecule has 0 aromatic heterocycles. The van der Waals surface area contributed by atoms with Crippen molar-refractivity contribution in [1.82, 2.24) is 0 Å². The van der Waals surface area contributed by atoms with E-state index in [2.05, 4.69) is 6.07 Å². The van der Waals surface area contributed by atoms with Gasteiger partial charge in [-0.2, -0.15) is 13.2 Å². The highest BCUT2D eigenvalue weighted by Gasteiger charge is 2.33. The summed E-state index contributed by atoms with van der Waals surface area (Å²) in [7, 11) is 0. The van der Waals surface area contributed by atoms with Gasteiger partial charge >= 0.3 is 6.18 Å². The molecule has 0 amide bonds. The van der Waals surface area contributed by atoms with E-state index in [4.69, 9.17) is 0 Å². The highest BCUT2D eigenvalue weighted by molar-refractivity contribution is 6.26. The van der Waals surface area contributed by atoms with Crippen LogP contribution in [0.5, 0.6) is 0 Å². The Bertz CT molecular complexity index is 1270. The number of hydrogen-bond acceptors (Lipinski definition) is 0. The maximum atomic E-state index is 13.6. The van der Waals surface area contributed by atoms with Gasteiger partial charge in [-0.05, 0) is 55.6 Å². The van der Waals surface area contributed by atoms with Crippen LogP contribution in [-0.4, -0.2) is 0 Å². The Hall–Kier alpha value is -3.07. The molecular weight excluding hydrogens is 333 g/mol. The SMILES string of the molecule is FC(F)(F)c1ccccc1-c1cc2cccc3ccc4cccc1c4c32. The molecule has 26 heavy (non-hydrogen) atoms. The molecule has 3 heteroatoms. The van der Waals surface area contributed by atoms with E-state index in [0.717, 1.165) is 38.4 Å². The van der Waals surface area contributed by atoms with E-state index in [1.807, 2.05) is 48.5 Å². The van der Waals surface area contributed by atoms with E-state index in [1.165, 1.54) is 6.07 Å². The molecule has 5 aromatic rings. The molecule has 0 saturated carbocycles. The zero-order valence-corrected chi connectivity index (χ0v) is 13.6. The van der Waals surface area contributed by atoms with Crippen LogP contribution in [0.1, 0.15) is 5.56 Å². The summed E-state index contributed by atoms with van der Waals surface area (Å²) in [5, 5.41) is 6.07. The molecule has 0 N–H and O–H groups in total. The second-order valence-corrected chi connectivity index (χ2v) is 6.52. The topological polar surface area (TPSA) is 0 Å². The van der Waals surface area contributed by atoms with Gasteiger partial charge in [0.05, 0.1) is 5.56 Å². The number of halogens is 3. The van der Waals surface area contributed by atoms with Crippen molar-refractivity contribution >= 4 is 32.3 Å². The summed E-state index contributed by atoms with van der Waals surface area (Å²) < 4.78 is 40.8. The molecule has 0 atom stereocenters. The van der Waals surface area contributed by atoms with Crippen LogP contribution in [0.25, 0.3) is 43.4 Å². The first-order chi connectivity index (χ1) is 12.5. The van der Waals surface area contributed by atoms with Gasteiger partial charge in [-0.25, -0.2) is 0 Å². The lowest BCUT2D eigenvalue weighted by molar-refractivity contribution is -0.137. The first-order valence-corrected chi connectivity index (χ1v) is 8.37. The Morgan fingerprint density at radius 1 is 0.538 bits per heavy atom. The maximum Gasteiger partial charge on any atom is 0.417 e. The third kappa shape index (κ3) is 2.10.